The molecule has 1 atom stereocenters. The van der Waals surface area contributed by atoms with E-state index in [1.54, 1.807) is 0 Å². The van der Waals surface area contributed by atoms with Crippen LogP contribution in [0, 0.1) is 0 Å². The maximum atomic E-state index is 12.9. The van der Waals surface area contributed by atoms with Gasteiger partial charge in [-0.1, -0.05) is 273 Å². The first-order chi connectivity index (χ1) is 36.0. The highest BCUT2D eigenvalue weighted by molar-refractivity contribution is 5.71. The lowest BCUT2D eigenvalue weighted by atomic mass is 10.0. The molecule has 0 aliphatic carbocycles. The average molecular weight is 1020 g/mol. The summed E-state index contributed by atoms with van der Waals surface area (Å²) in [6.07, 6.45) is 80.1. The first-order valence-corrected chi connectivity index (χ1v) is 31.1. The Labute approximate surface area is 452 Å². The first kappa shape index (κ1) is 69.6. The molecule has 0 saturated heterocycles. The van der Waals surface area contributed by atoms with Gasteiger partial charge in [0.2, 0.25) is 0 Å². The Hall–Kier alpha value is -3.41. The largest absolute Gasteiger partial charge is 0.462 e. The minimum absolute atomic E-state index is 0.0831. The summed E-state index contributed by atoms with van der Waals surface area (Å²) in [4.78, 5) is 38.2. The normalized spacial score (nSPS) is 12.6. The molecule has 0 radical (unpaired) electrons. The topological polar surface area (TPSA) is 78.9 Å². The molecule has 1 unspecified atom stereocenters. The summed E-state index contributed by atoms with van der Waals surface area (Å²) in [5, 5.41) is 0. The molecule has 0 bridgehead atoms. The molecule has 0 aliphatic heterocycles. The van der Waals surface area contributed by atoms with Gasteiger partial charge in [-0.25, -0.2) is 0 Å². The third-order valence-corrected chi connectivity index (χ3v) is 13.4. The first-order valence-electron chi connectivity index (χ1n) is 31.1. The number of carbonyl (C=O) groups is 3. The zero-order chi connectivity index (χ0) is 52.9. The Morgan fingerprint density at radius 1 is 0.288 bits per heavy atom. The summed E-state index contributed by atoms with van der Waals surface area (Å²) >= 11 is 0. The Balaban J connectivity index is 4.35. The molecule has 0 amide bonds. The number of ether oxygens (including phenoxy) is 3. The van der Waals surface area contributed by atoms with E-state index in [9.17, 15) is 14.4 Å². The van der Waals surface area contributed by atoms with Crippen molar-refractivity contribution in [1.82, 2.24) is 0 Å². The van der Waals surface area contributed by atoms with Crippen LogP contribution in [0.15, 0.2) is 85.1 Å². The molecule has 0 heterocycles. The molecule has 0 aromatic carbocycles. The third kappa shape index (κ3) is 59.3. The Kier molecular flexibility index (Phi) is 58.3. The van der Waals surface area contributed by atoms with Crippen molar-refractivity contribution < 1.29 is 28.6 Å². The van der Waals surface area contributed by atoms with Crippen molar-refractivity contribution in [2.45, 2.75) is 309 Å². The number of esters is 3. The molecular weight excluding hydrogens is 901 g/mol. The molecule has 6 nitrogen and oxygen atoms in total. The van der Waals surface area contributed by atoms with Gasteiger partial charge in [0.15, 0.2) is 6.10 Å². The van der Waals surface area contributed by atoms with Crippen LogP contribution in [-0.2, 0) is 28.6 Å². The monoisotopic (exact) mass is 1020 g/mol. The van der Waals surface area contributed by atoms with Gasteiger partial charge in [-0.15, -0.1) is 0 Å². The summed E-state index contributed by atoms with van der Waals surface area (Å²) in [6, 6.07) is 0. The summed E-state index contributed by atoms with van der Waals surface area (Å²) in [5.74, 6) is -0.894. The number of hydrogen-bond acceptors (Lipinski definition) is 6. The van der Waals surface area contributed by atoms with E-state index in [1.165, 1.54) is 148 Å². The van der Waals surface area contributed by atoms with Crippen molar-refractivity contribution >= 4 is 17.9 Å². The van der Waals surface area contributed by atoms with E-state index in [-0.39, 0.29) is 31.1 Å². The van der Waals surface area contributed by atoms with Crippen molar-refractivity contribution in [3.8, 4) is 0 Å². The van der Waals surface area contributed by atoms with Crippen LogP contribution in [-0.4, -0.2) is 37.2 Å². The van der Waals surface area contributed by atoms with Gasteiger partial charge in [0.25, 0.3) is 0 Å². The predicted molar refractivity (Wildman–Crippen MR) is 316 cm³/mol. The Bertz CT molecular complexity index is 1400. The molecule has 0 fully saturated rings. The Morgan fingerprint density at radius 3 is 0.863 bits per heavy atom. The second-order valence-electron chi connectivity index (χ2n) is 20.6. The van der Waals surface area contributed by atoms with Crippen LogP contribution in [0.5, 0.6) is 0 Å². The van der Waals surface area contributed by atoms with Crippen molar-refractivity contribution in [2.24, 2.45) is 0 Å². The number of allylic oxidation sites excluding steroid dienone is 14. The van der Waals surface area contributed by atoms with Crippen molar-refractivity contribution in [2.75, 3.05) is 13.2 Å². The predicted octanol–water partition coefficient (Wildman–Crippen LogP) is 21.1. The fraction of sp³-hybridized carbons (Fsp3) is 0.746. The molecular formula is C67H116O6. The smallest absolute Gasteiger partial charge is 0.306 e. The second-order valence-corrected chi connectivity index (χ2v) is 20.6. The molecule has 0 aromatic rings. The zero-order valence-electron chi connectivity index (χ0n) is 48.1. The summed E-state index contributed by atoms with van der Waals surface area (Å²) in [6.45, 7) is 6.52. The van der Waals surface area contributed by atoms with Gasteiger partial charge in [-0.2, -0.15) is 0 Å². The molecule has 73 heavy (non-hydrogen) atoms. The average Bonchev–Trinajstić information content (AvgIpc) is 3.39. The minimum Gasteiger partial charge on any atom is -0.462 e. The van der Waals surface area contributed by atoms with Gasteiger partial charge < -0.3 is 14.2 Å². The van der Waals surface area contributed by atoms with Crippen LogP contribution >= 0.6 is 0 Å². The lowest BCUT2D eigenvalue weighted by Gasteiger charge is -2.18. The van der Waals surface area contributed by atoms with Gasteiger partial charge >= 0.3 is 17.9 Å². The van der Waals surface area contributed by atoms with Crippen LogP contribution < -0.4 is 0 Å². The number of unbranched alkanes of at least 4 members (excludes halogenated alkanes) is 31. The number of carbonyl (C=O) groups excluding carboxylic acids is 3. The standard InChI is InChI=1S/C67H116O6/c1-4-7-10-13-16-19-22-25-27-29-30-31-32-33-34-35-36-38-39-42-45-48-51-54-57-60-66(69)72-63-64(62-71-65(68)59-56-53-50-47-44-41-24-21-18-15-12-9-6-3)73-67(70)61-58-55-52-49-46-43-40-37-28-26-23-20-17-14-11-8-5-2/h7,10,16,19,21,24-25,27,30-31,33-34,36,38,64H,4-6,8-9,11-15,17-18,20,22-23,26,28-29,32,35,37,39-63H2,1-3H3/b10-7-,19-16-,24-21-,27-25-,31-30-,34-33-,38-36-. The lowest BCUT2D eigenvalue weighted by Crippen LogP contribution is -2.30. The molecule has 420 valence electrons. The summed E-state index contributed by atoms with van der Waals surface area (Å²) in [5.41, 5.74) is 0. The molecule has 0 saturated carbocycles. The van der Waals surface area contributed by atoms with E-state index in [4.69, 9.17) is 14.2 Å². The molecule has 0 aliphatic rings. The molecule has 0 spiro atoms. The van der Waals surface area contributed by atoms with Crippen molar-refractivity contribution in [3.05, 3.63) is 85.1 Å². The molecule has 0 N–H and O–H groups in total. The van der Waals surface area contributed by atoms with E-state index in [1.807, 2.05) is 0 Å². The lowest BCUT2D eigenvalue weighted by molar-refractivity contribution is -0.167. The van der Waals surface area contributed by atoms with Crippen LogP contribution in [0.4, 0.5) is 0 Å². The third-order valence-electron chi connectivity index (χ3n) is 13.4. The fourth-order valence-corrected chi connectivity index (χ4v) is 8.74. The van der Waals surface area contributed by atoms with Crippen LogP contribution in [0.2, 0.25) is 0 Å². The van der Waals surface area contributed by atoms with Gasteiger partial charge in [0, 0.05) is 19.3 Å². The quantitative estimate of drug-likeness (QED) is 0.0261. The number of rotatable bonds is 56. The number of hydrogen-bond donors (Lipinski definition) is 0. The van der Waals surface area contributed by atoms with E-state index in [0.717, 1.165) is 116 Å². The maximum Gasteiger partial charge on any atom is 0.306 e. The maximum absolute atomic E-state index is 12.9. The zero-order valence-corrected chi connectivity index (χ0v) is 48.1. The van der Waals surface area contributed by atoms with Crippen LogP contribution in [0.1, 0.15) is 303 Å². The minimum atomic E-state index is -0.785. The van der Waals surface area contributed by atoms with E-state index in [2.05, 4.69) is 106 Å². The highest BCUT2D eigenvalue weighted by Crippen LogP contribution is 2.16. The summed E-state index contributed by atoms with van der Waals surface area (Å²) in [7, 11) is 0. The highest BCUT2D eigenvalue weighted by atomic mass is 16.6. The Morgan fingerprint density at radius 2 is 0.534 bits per heavy atom. The van der Waals surface area contributed by atoms with Crippen LogP contribution in [0.3, 0.4) is 0 Å². The second kappa shape index (κ2) is 61.1. The van der Waals surface area contributed by atoms with Gasteiger partial charge in [0.1, 0.15) is 13.2 Å². The van der Waals surface area contributed by atoms with E-state index < -0.39 is 6.10 Å². The van der Waals surface area contributed by atoms with Crippen LogP contribution in [0.25, 0.3) is 0 Å². The SMILES string of the molecule is CC/C=C\C/C=C\C/C=C\C/C=C\C/C=C\C/C=C\CCCCCCCCC(=O)OCC(COC(=O)CCCCCCC/C=C\CCCCCC)OC(=O)CCCCCCCCCCCCCCCCCCC. The van der Waals surface area contributed by atoms with Crippen molar-refractivity contribution in [1.29, 1.82) is 0 Å². The van der Waals surface area contributed by atoms with E-state index in [0.29, 0.717) is 19.3 Å². The molecule has 0 aromatic heterocycles. The van der Waals surface area contributed by atoms with Gasteiger partial charge in [-0.05, 0) is 96.3 Å². The molecule has 6 heteroatoms. The fourth-order valence-electron chi connectivity index (χ4n) is 8.74. The van der Waals surface area contributed by atoms with Crippen molar-refractivity contribution in [3.63, 3.8) is 0 Å². The summed E-state index contributed by atoms with van der Waals surface area (Å²) < 4.78 is 16.9. The van der Waals surface area contributed by atoms with Gasteiger partial charge in [-0.3, -0.25) is 14.4 Å². The van der Waals surface area contributed by atoms with Gasteiger partial charge in [0.05, 0.1) is 0 Å². The highest BCUT2D eigenvalue weighted by Gasteiger charge is 2.19. The molecule has 0 rings (SSSR count). The van der Waals surface area contributed by atoms with E-state index >= 15 is 0 Å².